The fourth-order valence-electron chi connectivity index (χ4n) is 6.27. The minimum absolute atomic E-state index is 0.0145. The van der Waals surface area contributed by atoms with Crippen molar-refractivity contribution < 1.29 is 22.4 Å². The molecule has 2 fully saturated rings. The van der Waals surface area contributed by atoms with Crippen molar-refractivity contribution in [2.24, 2.45) is 0 Å². The fourth-order valence-corrected chi connectivity index (χ4v) is 6.27. The van der Waals surface area contributed by atoms with Gasteiger partial charge < -0.3 is 15.2 Å². The summed E-state index contributed by atoms with van der Waals surface area (Å²) in [6.07, 6.45) is 4.66. The van der Waals surface area contributed by atoms with Gasteiger partial charge in [-0.15, -0.1) is 0 Å². The van der Waals surface area contributed by atoms with Crippen molar-refractivity contribution in [2.75, 3.05) is 50.0 Å². The molecule has 0 spiro atoms. The van der Waals surface area contributed by atoms with E-state index in [1.807, 2.05) is 27.2 Å². The number of urea groups is 1. The van der Waals surface area contributed by atoms with E-state index >= 15 is 0 Å². The molecule has 10 nitrogen and oxygen atoms in total. The van der Waals surface area contributed by atoms with Crippen LogP contribution >= 0.6 is 0 Å². The number of anilines is 2. The molecule has 5 aromatic rings. The van der Waals surface area contributed by atoms with Crippen LogP contribution in [0.15, 0.2) is 55.2 Å². The number of piperazine rings is 1. The van der Waals surface area contributed by atoms with Gasteiger partial charge >= 0.3 is 12.2 Å². The zero-order chi connectivity index (χ0) is 32.0. The molecule has 4 aromatic heterocycles. The number of pyridine rings is 1. The van der Waals surface area contributed by atoms with Crippen LogP contribution in [0.25, 0.3) is 27.9 Å². The van der Waals surface area contributed by atoms with Gasteiger partial charge in [-0.1, -0.05) is 6.07 Å². The largest absolute Gasteiger partial charge is 0.416 e. The number of fused-ring (bicyclic) bond motifs is 2. The van der Waals surface area contributed by atoms with Crippen molar-refractivity contribution in [1.29, 1.82) is 0 Å². The Labute approximate surface area is 262 Å². The summed E-state index contributed by atoms with van der Waals surface area (Å²) >= 11 is 0. The highest BCUT2D eigenvalue weighted by Gasteiger charge is 2.34. The molecule has 0 atom stereocenters. The maximum Gasteiger partial charge on any atom is 0.416 e. The third-order valence-corrected chi connectivity index (χ3v) is 8.75. The van der Waals surface area contributed by atoms with Crippen LogP contribution in [0.5, 0.6) is 0 Å². The number of rotatable bonds is 8. The van der Waals surface area contributed by atoms with Gasteiger partial charge in [0.25, 0.3) is 0 Å². The van der Waals surface area contributed by atoms with E-state index in [1.165, 1.54) is 12.1 Å². The Morgan fingerprint density at radius 3 is 2.50 bits per heavy atom. The van der Waals surface area contributed by atoms with E-state index in [0.717, 1.165) is 46.9 Å². The highest BCUT2D eigenvalue weighted by Crippen LogP contribution is 2.42. The van der Waals surface area contributed by atoms with Gasteiger partial charge in [0.05, 0.1) is 22.6 Å². The van der Waals surface area contributed by atoms with Crippen LogP contribution in [0.1, 0.15) is 35.7 Å². The number of carbonyl (C=O) groups is 1. The molecule has 46 heavy (non-hydrogen) atoms. The summed E-state index contributed by atoms with van der Waals surface area (Å²) in [6.45, 7) is 4.26. The number of nitrogens with zero attached hydrogens (tertiary/aromatic N) is 7. The van der Waals surface area contributed by atoms with Crippen molar-refractivity contribution in [3.63, 3.8) is 0 Å². The number of halogens is 4. The highest BCUT2D eigenvalue weighted by molar-refractivity contribution is 6.03. The van der Waals surface area contributed by atoms with E-state index in [2.05, 4.69) is 36.3 Å². The molecule has 1 aliphatic carbocycles. The SMILES string of the molecule is Cc1ncnc2c1c(-c1ccc(NC(=O)Nc3ccc(CN4CCN(CCF)CC4)c(C(F)(F)F)c3)c3nccn13)cn2C1CC1. The minimum Gasteiger partial charge on any atom is -0.329 e. The number of nitrogens with one attached hydrogen (secondary N) is 2. The molecule has 1 aromatic carbocycles. The smallest absolute Gasteiger partial charge is 0.329 e. The Kier molecular flexibility index (Phi) is 7.85. The van der Waals surface area contributed by atoms with Gasteiger partial charge in [-0.05, 0) is 49.6 Å². The van der Waals surface area contributed by atoms with E-state index in [1.54, 1.807) is 24.8 Å². The molecule has 14 heteroatoms. The molecule has 5 heterocycles. The van der Waals surface area contributed by atoms with Crippen LogP contribution in [0.2, 0.25) is 0 Å². The summed E-state index contributed by atoms with van der Waals surface area (Å²) in [5.74, 6) is 0. The molecule has 2 N–H and O–H groups in total. The first-order valence-corrected chi connectivity index (χ1v) is 15.3. The molecule has 1 aliphatic heterocycles. The monoisotopic (exact) mass is 635 g/mol. The topological polar surface area (TPSA) is 95.6 Å². The fraction of sp³-hybridized carbons (Fsp3) is 0.375. The Morgan fingerprint density at radius 2 is 1.76 bits per heavy atom. The van der Waals surface area contributed by atoms with Gasteiger partial charge in [0.1, 0.15) is 18.6 Å². The summed E-state index contributed by atoms with van der Waals surface area (Å²) in [5.41, 5.74) is 3.72. The van der Waals surface area contributed by atoms with Crippen molar-refractivity contribution in [3.05, 3.63) is 72.1 Å². The summed E-state index contributed by atoms with van der Waals surface area (Å²) in [5, 5.41) is 6.25. The van der Waals surface area contributed by atoms with Gasteiger partial charge in [0.2, 0.25) is 0 Å². The highest BCUT2D eigenvalue weighted by atomic mass is 19.4. The second kappa shape index (κ2) is 12.0. The molecule has 2 aliphatic rings. The van der Waals surface area contributed by atoms with E-state index < -0.39 is 24.4 Å². The molecule has 7 rings (SSSR count). The van der Waals surface area contributed by atoms with Crippen LogP contribution in [0.3, 0.4) is 0 Å². The first kappa shape index (κ1) is 30.1. The lowest BCUT2D eigenvalue weighted by Crippen LogP contribution is -2.46. The standard InChI is InChI=1S/C32H33F4N9O/c1-20-28-24(18-45(23-4-5-23)30(28)39-19-38-20)27-7-6-26(29-37-9-11-44(27)29)41-31(46)40-22-3-2-21(25(16-22)32(34,35)36)17-43-14-12-42(10-8-33)13-15-43/h2-3,6-7,9,11,16,18-19,23H,4-5,8,10,12-15,17H2,1H3,(H2,40,41,46). The zero-order valence-corrected chi connectivity index (χ0v) is 25.2. The number of benzene rings is 1. The maximum absolute atomic E-state index is 14.1. The summed E-state index contributed by atoms with van der Waals surface area (Å²) < 4.78 is 59.0. The van der Waals surface area contributed by atoms with Crippen molar-refractivity contribution >= 4 is 34.1 Å². The van der Waals surface area contributed by atoms with Gasteiger partial charge in [-0.2, -0.15) is 13.2 Å². The van der Waals surface area contributed by atoms with Gasteiger partial charge in [-0.3, -0.25) is 14.2 Å². The van der Waals surface area contributed by atoms with Gasteiger partial charge in [-0.25, -0.2) is 24.1 Å². The summed E-state index contributed by atoms with van der Waals surface area (Å²) in [6, 6.07) is 7.14. The third-order valence-electron chi connectivity index (χ3n) is 8.75. The first-order valence-electron chi connectivity index (χ1n) is 15.3. The van der Waals surface area contributed by atoms with Gasteiger partial charge in [0, 0.05) is 80.5 Å². The average Bonchev–Trinajstić information content (AvgIpc) is 3.60. The summed E-state index contributed by atoms with van der Waals surface area (Å²) in [7, 11) is 0. The second-order valence-corrected chi connectivity index (χ2v) is 11.8. The number of imidazole rings is 1. The zero-order valence-electron chi connectivity index (χ0n) is 25.2. The number of hydrogen-bond donors (Lipinski definition) is 2. The Hall–Kier alpha value is -4.56. The Morgan fingerprint density at radius 1 is 0.978 bits per heavy atom. The lowest BCUT2D eigenvalue weighted by atomic mass is 10.0. The van der Waals surface area contributed by atoms with Crippen LogP contribution < -0.4 is 10.6 Å². The molecule has 1 saturated carbocycles. The molecule has 1 saturated heterocycles. The van der Waals surface area contributed by atoms with Gasteiger partial charge in [0.15, 0.2) is 5.65 Å². The van der Waals surface area contributed by atoms with E-state index in [-0.39, 0.29) is 17.8 Å². The van der Waals surface area contributed by atoms with Crippen LogP contribution in [0.4, 0.5) is 33.7 Å². The predicted octanol–water partition coefficient (Wildman–Crippen LogP) is 6.14. The average molecular weight is 636 g/mol. The molecule has 0 unspecified atom stereocenters. The van der Waals surface area contributed by atoms with E-state index in [4.69, 9.17) is 0 Å². The maximum atomic E-state index is 14.1. The number of hydrogen-bond acceptors (Lipinski definition) is 6. The van der Waals surface area contributed by atoms with Crippen molar-refractivity contribution in [3.8, 4) is 11.3 Å². The van der Waals surface area contributed by atoms with Crippen LogP contribution in [-0.2, 0) is 12.7 Å². The lowest BCUT2D eigenvalue weighted by molar-refractivity contribution is -0.138. The first-order chi connectivity index (χ1) is 22.2. The quantitative estimate of drug-likeness (QED) is 0.199. The number of aryl methyl sites for hydroxylation is 1. The number of amides is 2. The predicted molar refractivity (Wildman–Crippen MR) is 166 cm³/mol. The lowest BCUT2D eigenvalue weighted by Gasteiger charge is -2.34. The van der Waals surface area contributed by atoms with Crippen molar-refractivity contribution in [1.82, 2.24) is 33.7 Å². The molecule has 0 bridgehead atoms. The van der Waals surface area contributed by atoms with Crippen LogP contribution in [-0.4, -0.2) is 79.1 Å². The minimum atomic E-state index is -4.61. The number of aromatic nitrogens is 5. The molecule has 2 amide bonds. The molecular formula is C32H33F4N9O. The number of alkyl halides is 4. The van der Waals surface area contributed by atoms with Crippen LogP contribution in [0, 0.1) is 6.92 Å². The van der Waals surface area contributed by atoms with E-state index in [9.17, 15) is 22.4 Å². The molecule has 0 radical (unpaired) electrons. The normalized spacial score (nSPS) is 16.4. The number of carbonyl (C=O) groups excluding carboxylic acids is 1. The second-order valence-electron chi connectivity index (χ2n) is 11.8. The summed E-state index contributed by atoms with van der Waals surface area (Å²) in [4.78, 5) is 30.4. The molecule has 240 valence electrons. The third kappa shape index (κ3) is 5.89. The molecular weight excluding hydrogens is 602 g/mol. The Bertz CT molecular complexity index is 1910. The van der Waals surface area contributed by atoms with Crippen molar-refractivity contribution in [2.45, 2.75) is 38.5 Å². The van der Waals surface area contributed by atoms with E-state index in [0.29, 0.717) is 50.1 Å². The Balaban J connectivity index is 1.10.